The molecule has 5 heteroatoms. The fourth-order valence-corrected chi connectivity index (χ4v) is 2.39. The molecule has 2 aromatic rings. The molecule has 0 aliphatic rings. The van der Waals surface area contributed by atoms with Gasteiger partial charge in [-0.3, -0.25) is 4.79 Å². The van der Waals surface area contributed by atoms with Crippen molar-refractivity contribution in [1.29, 1.82) is 0 Å². The van der Waals surface area contributed by atoms with Crippen LogP contribution in [0.1, 0.15) is 40.0 Å². The highest BCUT2D eigenvalue weighted by Crippen LogP contribution is 2.12. The molecule has 0 saturated heterocycles. The van der Waals surface area contributed by atoms with Crippen molar-refractivity contribution in [3.05, 3.63) is 24.3 Å². The Morgan fingerprint density at radius 2 is 2.10 bits per heavy atom. The van der Waals surface area contributed by atoms with E-state index in [2.05, 4.69) is 31.1 Å². The van der Waals surface area contributed by atoms with Crippen molar-refractivity contribution in [2.24, 2.45) is 0 Å². The van der Waals surface area contributed by atoms with Gasteiger partial charge in [0.1, 0.15) is 12.1 Å². The highest BCUT2D eigenvalue weighted by Gasteiger charge is 2.19. The van der Waals surface area contributed by atoms with E-state index >= 15 is 0 Å². The van der Waals surface area contributed by atoms with Gasteiger partial charge in [0.25, 0.3) is 0 Å². The van der Waals surface area contributed by atoms with Gasteiger partial charge in [-0.05, 0) is 31.9 Å². The summed E-state index contributed by atoms with van der Waals surface area (Å²) >= 11 is 0. The maximum atomic E-state index is 12.6. The number of nitrogens with zero attached hydrogens (tertiary/aromatic N) is 4. The number of unbranched alkanes of at least 4 members (excludes halogenated alkanes) is 1. The molecule has 1 atom stereocenters. The highest BCUT2D eigenvalue weighted by atomic mass is 16.2. The van der Waals surface area contributed by atoms with E-state index < -0.39 is 0 Å². The molecule has 0 spiro atoms. The van der Waals surface area contributed by atoms with E-state index in [0.717, 1.165) is 36.8 Å². The fraction of sp³-hybridized carbons (Fsp3) is 0.562. The summed E-state index contributed by atoms with van der Waals surface area (Å²) in [6.45, 7) is 7.44. The van der Waals surface area contributed by atoms with Gasteiger partial charge in [-0.2, -0.15) is 0 Å². The van der Waals surface area contributed by atoms with Crippen LogP contribution in [0.25, 0.3) is 11.0 Å². The molecule has 0 aliphatic carbocycles. The van der Waals surface area contributed by atoms with Gasteiger partial charge >= 0.3 is 0 Å². The smallest absolute Gasteiger partial charge is 0.244 e. The number of amides is 1. The number of carbonyl (C=O) groups excluding carboxylic acids is 1. The molecule has 2 rings (SSSR count). The van der Waals surface area contributed by atoms with Crippen LogP contribution in [0.15, 0.2) is 24.3 Å². The van der Waals surface area contributed by atoms with Gasteiger partial charge in [-0.1, -0.05) is 37.6 Å². The Morgan fingerprint density at radius 1 is 1.33 bits per heavy atom. The van der Waals surface area contributed by atoms with Crippen molar-refractivity contribution < 1.29 is 4.79 Å². The summed E-state index contributed by atoms with van der Waals surface area (Å²) in [6, 6.07) is 7.99. The minimum atomic E-state index is 0.119. The van der Waals surface area contributed by atoms with E-state index in [1.165, 1.54) is 0 Å². The van der Waals surface area contributed by atoms with Crippen LogP contribution in [0, 0.1) is 0 Å². The summed E-state index contributed by atoms with van der Waals surface area (Å²) in [4.78, 5) is 14.6. The molecule has 0 fully saturated rings. The molecule has 1 aromatic heterocycles. The van der Waals surface area contributed by atoms with Crippen molar-refractivity contribution in [2.75, 3.05) is 6.54 Å². The van der Waals surface area contributed by atoms with Gasteiger partial charge < -0.3 is 4.90 Å². The Hall–Kier alpha value is -1.91. The Morgan fingerprint density at radius 3 is 2.81 bits per heavy atom. The third-order valence-corrected chi connectivity index (χ3v) is 3.90. The van der Waals surface area contributed by atoms with Gasteiger partial charge in [0.2, 0.25) is 5.91 Å². The van der Waals surface area contributed by atoms with E-state index in [1.807, 2.05) is 29.2 Å². The molecule has 5 nitrogen and oxygen atoms in total. The summed E-state index contributed by atoms with van der Waals surface area (Å²) in [5.74, 6) is 0.119. The first-order valence-corrected chi connectivity index (χ1v) is 7.75. The Balaban J connectivity index is 2.14. The van der Waals surface area contributed by atoms with Crippen molar-refractivity contribution >= 4 is 16.9 Å². The van der Waals surface area contributed by atoms with Gasteiger partial charge in [-0.15, -0.1) is 5.10 Å². The predicted molar refractivity (Wildman–Crippen MR) is 83.9 cm³/mol. The quantitative estimate of drug-likeness (QED) is 0.787. The third kappa shape index (κ3) is 3.60. The van der Waals surface area contributed by atoms with Crippen LogP contribution in [0.4, 0.5) is 0 Å². The number of hydrogen-bond donors (Lipinski definition) is 0. The standard InChI is InChI=1S/C16H24N4O/c1-4-6-11-19(13(3)5-2)16(21)12-20-15-10-8-7-9-14(15)17-18-20/h7-10,13H,4-6,11-12H2,1-3H3. The predicted octanol–water partition coefficient (Wildman–Crippen LogP) is 2.86. The summed E-state index contributed by atoms with van der Waals surface area (Å²) in [7, 11) is 0. The van der Waals surface area contributed by atoms with E-state index in [1.54, 1.807) is 4.68 Å². The number of para-hydroxylation sites is 1. The SMILES string of the molecule is CCCCN(C(=O)Cn1nnc2ccccc21)C(C)CC. The van der Waals surface area contributed by atoms with Crippen molar-refractivity contribution in [3.63, 3.8) is 0 Å². The summed E-state index contributed by atoms with van der Waals surface area (Å²) in [5, 5.41) is 8.20. The maximum absolute atomic E-state index is 12.6. The van der Waals surface area contributed by atoms with E-state index in [0.29, 0.717) is 0 Å². The van der Waals surface area contributed by atoms with Crippen LogP contribution in [-0.2, 0) is 11.3 Å². The Labute approximate surface area is 125 Å². The third-order valence-electron chi connectivity index (χ3n) is 3.90. The van der Waals surface area contributed by atoms with Crippen LogP contribution >= 0.6 is 0 Å². The molecule has 0 saturated carbocycles. The topological polar surface area (TPSA) is 51.0 Å². The van der Waals surface area contributed by atoms with Crippen molar-refractivity contribution in [2.45, 2.75) is 52.6 Å². The first-order valence-electron chi connectivity index (χ1n) is 7.75. The highest BCUT2D eigenvalue weighted by molar-refractivity contribution is 5.80. The van der Waals surface area contributed by atoms with Gasteiger partial charge in [0.15, 0.2) is 0 Å². The van der Waals surface area contributed by atoms with Crippen LogP contribution in [-0.4, -0.2) is 38.4 Å². The lowest BCUT2D eigenvalue weighted by molar-refractivity contribution is -0.134. The second-order valence-electron chi connectivity index (χ2n) is 5.43. The molecule has 1 amide bonds. The van der Waals surface area contributed by atoms with E-state index in [4.69, 9.17) is 0 Å². The van der Waals surface area contributed by atoms with Gasteiger partial charge in [-0.25, -0.2) is 4.68 Å². The maximum Gasteiger partial charge on any atom is 0.244 e. The molecule has 0 N–H and O–H groups in total. The minimum absolute atomic E-state index is 0.119. The lowest BCUT2D eigenvalue weighted by atomic mass is 10.2. The molecule has 1 unspecified atom stereocenters. The zero-order valence-electron chi connectivity index (χ0n) is 13.1. The normalized spacial score (nSPS) is 12.5. The number of carbonyl (C=O) groups is 1. The lowest BCUT2D eigenvalue weighted by Gasteiger charge is -2.28. The largest absolute Gasteiger partial charge is 0.338 e. The summed E-state index contributed by atoms with van der Waals surface area (Å²) < 4.78 is 1.69. The monoisotopic (exact) mass is 288 g/mol. The van der Waals surface area contributed by atoms with E-state index in [9.17, 15) is 4.79 Å². The average molecular weight is 288 g/mol. The molecule has 114 valence electrons. The second-order valence-corrected chi connectivity index (χ2v) is 5.43. The first kappa shape index (κ1) is 15.5. The molecule has 0 aliphatic heterocycles. The van der Waals surface area contributed by atoms with E-state index in [-0.39, 0.29) is 18.5 Å². The summed E-state index contributed by atoms with van der Waals surface area (Å²) in [5.41, 5.74) is 1.74. The van der Waals surface area contributed by atoms with Gasteiger partial charge in [0.05, 0.1) is 5.52 Å². The average Bonchev–Trinajstić information content (AvgIpc) is 2.90. The molecule has 0 radical (unpaired) electrons. The molecule has 1 heterocycles. The zero-order chi connectivity index (χ0) is 15.2. The molecule has 1 aromatic carbocycles. The lowest BCUT2D eigenvalue weighted by Crippen LogP contribution is -2.41. The van der Waals surface area contributed by atoms with Crippen LogP contribution in [0.3, 0.4) is 0 Å². The number of aromatic nitrogens is 3. The fourth-order valence-electron chi connectivity index (χ4n) is 2.39. The van der Waals surface area contributed by atoms with Crippen LogP contribution < -0.4 is 0 Å². The Kier molecular flexibility index (Phi) is 5.31. The van der Waals surface area contributed by atoms with Crippen molar-refractivity contribution in [3.8, 4) is 0 Å². The molecule has 0 bridgehead atoms. The number of rotatable bonds is 7. The van der Waals surface area contributed by atoms with Crippen LogP contribution in [0.5, 0.6) is 0 Å². The molecular formula is C16H24N4O. The Bertz CT molecular complexity index is 593. The molecule has 21 heavy (non-hydrogen) atoms. The summed E-state index contributed by atoms with van der Waals surface area (Å²) in [6.07, 6.45) is 3.09. The number of hydrogen-bond acceptors (Lipinski definition) is 3. The van der Waals surface area contributed by atoms with Crippen molar-refractivity contribution in [1.82, 2.24) is 19.9 Å². The zero-order valence-corrected chi connectivity index (χ0v) is 13.1. The second kappa shape index (κ2) is 7.20. The first-order chi connectivity index (χ1) is 10.2. The van der Waals surface area contributed by atoms with Gasteiger partial charge in [0, 0.05) is 12.6 Å². The minimum Gasteiger partial charge on any atom is -0.338 e. The number of fused-ring (bicyclic) bond motifs is 1. The number of benzene rings is 1. The van der Waals surface area contributed by atoms with Crippen LogP contribution in [0.2, 0.25) is 0 Å². The molecular weight excluding hydrogens is 264 g/mol.